The predicted molar refractivity (Wildman–Crippen MR) is 98.9 cm³/mol. The number of aromatic nitrogens is 1. The van der Waals surface area contributed by atoms with E-state index >= 15 is 0 Å². The number of nitrogens with zero attached hydrogens (tertiary/aromatic N) is 2. The van der Waals surface area contributed by atoms with Crippen LogP contribution in [-0.2, 0) is 17.8 Å². The molecule has 1 amide bonds. The minimum atomic E-state index is -0.289. The fourth-order valence-electron chi connectivity index (χ4n) is 2.56. The maximum atomic E-state index is 13.3. The van der Waals surface area contributed by atoms with Gasteiger partial charge < -0.3 is 4.90 Å². The molecule has 0 saturated heterocycles. The van der Waals surface area contributed by atoms with Crippen molar-refractivity contribution in [3.05, 3.63) is 76.5 Å². The number of hydrogen-bond acceptors (Lipinski definition) is 3. The zero-order chi connectivity index (χ0) is 17.8. The van der Waals surface area contributed by atoms with Crippen molar-refractivity contribution in [2.45, 2.75) is 19.9 Å². The second-order valence-corrected chi connectivity index (χ2v) is 6.87. The number of carbonyl (C=O) groups is 1. The van der Waals surface area contributed by atoms with Gasteiger partial charge in [0.05, 0.1) is 12.1 Å². The molecule has 0 fully saturated rings. The van der Waals surface area contributed by atoms with E-state index in [0.717, 1.165) is 16.1 Å². The molecule has 3 nitrogen and oxygen atoms in total. The second-order valence-electron chi connectivity index (χ2n) is 6.01. The van der Waals surface area contributed by atoms with E-state index in [-0.39, 0.29) is 18.1 Å². The number of benzene rings is 2. The zero-order valence-electron chi connectivity index (χ0n) is 14.2. The molecule has 2 aromatic carbocycles. The zero-order valence-corrected chi connectivity index (χ0v) is 15.0. The molecule has 25 heavy (non-hydrogen) atoms. The summed E-state index contributed by atoms with van der Waals surface area (Å²) in [5, 5.41) is 2.59. The number of hydrogen-bond donors (Lipinski definition) is 0. The minimum Gasteiger partial charge on any atom is -0.341 e. The molecule has 128 valence electrons. The van der Waals surface area contributed by atoms with E-state index in [4.69, 9.17) is 0 Å². The van der Waals surface area contributed by atoms with Gasteiger partial charge in [0.15, 0.2) is 0 Å². The van der Waals surface area contributed by atoms with Crippen molar-refractivity contribution in [2.24, 2.45) is 0 Å². The highest BCUT2D eigenvalue weighted by Crippen LogP contribution is 2.24. The first kappa shape index (κ1) is 17.3. The molecule has 0 bridgehead atoms. The van der Waals surface area contributed by atoms with Crippen molar-refractivity contribution < 1.29 is 9.18 Å². The van der Waals surface area contributed by atoms with Crippen molar-refractivity contribution in [1.29, 1.82) is 0 Å². The summed E-state index contributed by atoms with van der Waals surface area (Å²) in [5.74, 6) is -0.275. The smallest absolute Gasteiger partial charge is 0.228 e. The van der Waals surface area contributed by atoms with Gasteiger partial charge in [0.2, 0.25) is 5.91 Å². The van der Waals surface area contributed by atoms with Crippen LogP contribution in [0.15, 0.2) is 53.9 Å². The fourth-order valence-corrected chi connectivity index (χ4v) is 3.38. The van der Waals surface area contributed by atoms with Crippen LogP contribution < -0.4 is 0 Å². The van der Waals surface area contributed by atoms with Gasteiger partial charge in [-0.15, -0.1) is 11.3 Å². The van der Waals surface area contributed by atoms with Gasteiger partial charge >= 0.3 is 0 Å². The number of rotatable bonds is 5. The standard InChI is InChI=1S/C20H19FN2OS/c1-14-6-3-4-7-16(14)12-23(2)19(24)11-18-13-25-20(22-18)15-8-5-9-17(21)10-15/h3-10,13H,11-12H2,1-2H3. The van der Waals surface area contributed by atoms with Crippen LogP contribution in [0.2, 0.25) is 0 Å². The van der Waals surface area contributed by atoms with Crippen molar-refractivity contribution in [3.63, 3.8) is 0 Å². The Morgan fingerprint density at radius 2 is 2.00 bits per heavy atom. The largest absolute Gasteiger partial charge is 0.341 e. The molecule has 3 rings (SSSR count). The van der Waals surface area contributed by atoms with Crippen LogP contribution in [-0.4, -0.2) is 22.8 Å². The van der Waals surface area contributed by atoms with E-state index in [2.05, 4.69) is 4.98 Å². The average Bonchev–Trinajstić information content (AvgIpc) is 3.05. The topological polar surface area (TPSA) is 33.2 Å². The summed E-state index contributed by atoms with van der Waals surface area (Å²) in [6, 6.07) is 14.4. The Morgan fingerprint density at radius 3 is 2.76 bits per heavy atom. The van der Waals surface area contributed by atoms with Gasteiger partial charge in [0.1, 0.15) is 10.8 Å². The molecular weight excluding hydrogens is 335 g/mol. The van der Waals surface area contributed by atoms with Crippen LogP contribution in [0, 0.1) is 12.7 Å². The molecule has 0 spiro atoms. The molecule has 0 aliphatic carbocycles. The number of amides is 1. The van der Waals surface area contributed by atoms with Crippen molar-refractivity contribution >= 4 is 17.2 Å². The lowest BCUT2D eigenvalue weighted by atomic mass is 10.1. The third kappa shape index (κ3) is 4.31. The molecule has 0 atom stereocenters. The third-order valence-corrected chi connectivity index (χ3v) is 4.99. The maximum absolute atomic E-state index is 13.3. The molecule has 0 unspecified atom stereocenters. The van der Waals surface area contributed by atoms with Gasteiger partial charge in [0.25, 0.3) is 0 Å². The first-order chi connectivity index (χ1) is 12.0. The third-order valence-electron chi connectivity index (χ3n) is 4.05. The SMILES string of the molecule is Cc1ccccc1CN(C)C(=O)Cc1csc(-c2cccc(F)c2)n1. The first-order valence-electron chi connectivity index (χ1n) is 8.02. The predicted octanol–water partition coefficient (Wildman–Crippen LogP) is 4.46. The van der Waals surface area contributed by atoms with Gasteiger partial charge in [-0.25, -0.2) is 9.37 Å². The van der Waals surface area contributed by atoms with E-state index in [0.29, 0.717) is 12.2 Å². The lowest BCUT2D eigenvalue weighted by Crippen LogP contribution is -2.28. The van der Waals surface area contributed by atoms with Gasteiger partial charge in [-0.1, -0.05) is 36.4 Å². The monoisotopic (exact) mass is 354 g/mol. The molecule has 0 N–H and O–H groups in total. The van der Waals surface area contributed by atoms with Crippen LogP contribution >= 0.6 is 11.3 Å². The number of aryl methyl sites for hydroxylation is 1. The lowest BCUT2D eigenvalue weighted by molar-refractivity contribution is -0.129. The number of halogens is 1. The van der Waals surface area contributed by atoms with Crippen LogP contribution in [0.3, 0.4) is 0 Å². The van der Waals surface area contributed by atoms with Gasteiger partial charge in [0, 0.05) is 24.5 Å². The van der Waals surface area contributed by atoms with Crippen LogP contribution in [0.25, 0.3) is 10.6 Å². The quantitative estimate of drug-likeness (QED) is 0.678. The number of likely N-dealkylation sites (N-methyl/N-ethyl adjacent to an activating group) is 1. The summed E-state index contributed by atoms with van der Waals surface area (Å²) in [5.41, 5.74) is 3.75. The van der Waals surface area contributed by atoms with Gasteiger partial charge in [-0.3, -0.25) is 4.79 Å². The van der Waals surface area contributed by atoms with E-state index in [1.807, 2.05) is 42.6 Å². The summed E-state index contributed by atoms with van der Waals surface area (Å²) in [6.45, 7) is 2.62. The minimum absolute atomic E-state index is 0.0133. The Bertz CT molecular complexity index is 891. The van der Waals surface area contributed by atoms with Crippen molar-refractivity contribution in [1.82, 2.24) is 9.88 Å². The molecule has 5 heteroatoms. The summed E-state index contributed by atoms with van der Waals surface area (Å²) in [6.07, 6.45) is 0.244. The molecule has 0 saturated carbocycles. The highest BCUT2D eigenvalue weighted by Gasteiger charge is 2.14. The Balaban J connectivity index is 1.66. The Kier molecular flexibility index (Phi) is 5.24. The maximum Gasteiger partial charge on any atom is 0.228 e. The van der Waals surface area contributed by atoms with Gasteiger partial charge in [-0.05, 0) is 30.2 Å². The van der Waals surface area contributed by atoms with E-state index in [1.54, 1.807) is 18.0 Å². The molecule has 0 radical (unpaired) electrons. The van der Waals surface area contributed by atoms with Crippen LogP contribution in [0.5, 0.6) is 0 Å². The Labute approximate surface area is 150 Å². The lowest BCUT2D eigenvalue weighted by Gasteiger charge is -2.18. The summed E-state index contributed by atoms with van der Waals surface area (Å²) < 4.78 is 13.3. The molecule has 3 aromatic rings. The van der Waals surface area contributed by atoms with Crippen LogP contribution in [0.1, 0.15) is 16.8 Å². The van der Waals surface area contributed by atoms with E-state index in [9.17, 15) is 9.18 Å². The average molecular weight is 354 g/mol. The number of thiazole rings is 1. The normalized spacial score (nSPS) is 10.7. The molecular formula is C20H19FN2OS. The van der Waals surface area contributed by atoms with Crippen molar-refractivity contribution in [2.75, 3.05) is 7.05 Å². The van der Waals surface area contributed by atoms with Gasteiger partial charge in [-0.2, -0.15) is 0 Å². The Morgan fingerprint density at radius 1 is 1.20 bits per heavy atom. The highest BCUT2D eigenvalue weighted by atomic mass is 32.1. The number of carbonyl (C=O) groups excluding carboxylic acids is 1. The molecule has 1 aromatic heterocycles. The summed E-state index contributed by atoms with van der Waals surface area (Å²) in [4.78, 5) is 18.6. The summed E-state index contributed by atoms with van der Waals surface area (Å²) in [7, 11) is 1.80. The Hall–Kier alpha value is -2.53. The second kappa shape index (κ2) is 7.57. The summed E-state index contributed by atoms with van der Waals surface area (Å²) >= 11 is 1.42. The molecule has 1 heterocycles. The molecule has 0 aliphatic heterocycles. The van der Waals surface area contributed by atoms with Crippen molar-refractivity contribution in [3.8, 4) is 10.6 Å². The highest BCUT2D eigenvalue weighted by molar-refractivity contribution is 7.13. The van der Waals surface area contributed by atoms with Crippen LogP contribution in [0.4, 0.5) is 4.39 Å². The fraction of sp³-hybridized carbons (Fsp3) is 0.200. The molecule has 0 aliphatic rings. The first-order valence-corrected chi connectivity index (χ1v) is 8.89. The van der Waals surface area contributed by atoms with E-state index < -0.39 is 0 Å². The van der Waals surface area contributed by atoms with E-state index in [1.165, 1.54) is 29.0 Å².